The smallest absolute Gasteiger partial charge is 0.242 e. The minimum Gasteiger partial charge on any atom is -0.357 e. The van der Waals surface area contributed by atoms with E-state index in [0.29, 0.717) is 13.0 Å². The number of amides is 2. The van der Waals surface area contributed by atoms with Crippen LogP contribution >= 0.6 is 0 Å². The summed E-state index contributed by atoms with van der Waals surface area (Å²) in [6.45, 7) is 0.424. The van der Waals surface area contributed by atoms with E-state index >= 15 is 0 Å². The number of nitrogens with one attached hydrogen (secondary N) is 1. The standard InChI is InChI=1S/C21H24N4O2/c1-23-21(27)19-11-14(22)12-25(19)20(26)10-13-7-8-18-16(9-13)15-5-3-4-6-17(15)24(18)2/h3-9,14,19H,10-12,22H2,1-2H3,(H,23,27)/t14-,19-/m0/s1. The van der Waals surface area contributed by atoms with Crippen LogP contribution in [0.1, 0.15) is 12.0 Å². The van der Waals surface area contributed by atoms with E-state index in [1.54, 1.807) is 11.9 Å². The van der Waals surface area contributed by atoms with Crippen LogP contribution in [0.4, 0.5) is 0 Å². The number of hydrogen-bond donors (Lipinski definition) is 2. The van der Waals surface area contributed by atoms with Gasteiger partial charge in [-0.15, -0.1) is 0 Å². The zero-order chi connectivity index (χ0) is 19.1. The lowest BCUT2D eigenvalue weighted by Gasteiger charge is -2.23. The summed E-state index contributed by atoms with van der Waals surface area (Å²) in [5.74, 6) is -0.211. The van der Waals surface area contributed by atoms with Gasteiger partial charge in [0.2, 0.25) is 11.8 Å². The van der Waals surface area contributed by atoms with E-state index in [-0.39, 0.29) is 24.3 Å². The lowest BCUT2D eigenvalue weighted by molar-refractivity contribution is -0.137. The Hall–Kier alpha value is -2.86. The monoisotopic (exact) mass is 364 g/mol. The van der Waals surface area contributed by atoms with Gasteiger partial charge in [-0.05, 0) is 30.2 Å². The first kappa shape index (κ1) is 17.5. The Morgan fingerprint density at radius 1 is 1.15 bits per heavy atom. The van der Waals surface area contributed by atoms with Crippen molar-refractivity contribution >= 4 is 33.6 Å². The second-order valence-electron chi connectivity index (χ2n) is 7.28. The third-order valence-corrected chi connectivity index (χ3v) is 5.54. The van der Waals surface area contributed by atoms with E-state index in [0.717, 1.165) is 16.5 Å². The highest BCUT2D eigenvalue weighted by atomic mass is 16.2. The third kappa shape index (κ3) is 2.96. The molecule has 2 atom stereocenters. The van der Waals surface area contributed by atoms with Crippen LogP contribution in [-0.2, 0) is 23.1 Å². The first-order valence-electron chi connectivity index (χ1n) is 9.22. The van der Waals surface area contributed by atoms with Gasteiger partial charge in [-0.1, -0.05) is 24.3 Å². The number of aromatic nitrogens is 1. The summed E-state index contributed by atoms with van der Waals surface area (Å²) in [6.07, 6.45) is 0.771. The number of carbonyl (C=O) groups excluding carboxylic acids is 2. The van der Waals surface area contributed by atoms with Gasteiger partial charge in [-0.25, -0.2) is 0 Å². The van der Waals surface area contributed by atoms with Crippen molar-refractivity contribution in [3.8, 4) is 0 Å². The number of carbonyl (C=O) groups is 2. The van der Waals surface area contributed by atoms with Crippen molar-refractivity contribution in [3.05, 3.63) is 48.0 Å². The zero-order valence-electron chi connectivity index (χ0n) is 15.6. The normalized spacial score (nSPS) is 19.7. The SMILES string of the molecule is CNC(=O)[C@@H]1C[C@H](N)CN1C(=O)Cc1ccc2c(c1)c1ccccc1n2C. The molecule has 1 aliphatic heterocycles. The van der Waals surface area contributed by atoms with E-state index in [1.165, 1.54) is 10.9 Å². The van der Waals surface area contributed by atoms with Crippen molar-refractivity contribution in [1.82, 2.24) is 14.8 Å². The highest BCUT2D eigenvalue weighted by Gasteiger charge is 2.37. The minimum atomic E-state index is -0.473. The predicted octanol–water partition coefficient (Wildman–Crippen LogP) is 1.55. The maximum Gasteiger partial charge on any atom is 0.242 e. The minimum absolute atomic E-state index is 0.0591. The molecule has 2 aromatic carbocycles. The Balaban J connectivity index is 1.64. The van der Waals surface area contributed by atoms with E-state index < -0.39 is 6.04 Å². The average molecular weight is 364 g/mol. The van der Waals surface area contributed by atoms with E-state index in [4.69, 9.17) is 5.73 Å². The maximum atomic E-state index is 12.9. The molecule has 1 aromatic heterocycles. The molecule has 6 nitrogen and oxygen atoms in total. The molecule has 140 valence electrons. The van der Waals surface area contributed by atoms with Crippen LogP contribution in [0.5, 0.6) is 0 Å². The summed E-state index contributed by atoms with van der Waals surface area (Å²) in [4.78, 5) is 26.6. The van der Waals surface area contributed by atoms with Gasteiger partial charge in [0.05, 0.1) is 6.42 Å². The first-order valence-corrected chi connectivity index (χ1v) is 9.22. The molecule has 0 saturated carbocycles. The van der Waals surface area contributed by atoms with Crippen LogP contribution in [0, 0.1) is 0 Å². The molecule has 0 bridgehead atoms. The Kier molecular flexibility index (Phi) is 4.36. The molecule has 6 heteroatoms. The highest BCUT2D eigenvalue weighted by Crippen LogP contribution is 2.29. The molecule has 0 unspecified atom stereocenters. The van der Waals surface area contributed by atoms with E-state index in [9.17, 15) is 9.59 Å². The van der Waals surface area contributed by atoms with Gasteiger partial charge in [-0.3, -0.25) is 9.59 Å². The molecule has 4 rings (SSSR count). The van der Waals surface area contributed by atoms with Crippen molar-refractivity contribution in [2.24, 2.45) is 12.8 Å². The fraction of sp³-hybridized carbons (Fsp3) is 0.333. The molecule has 3 aromatic rings. The predicted molar refractivity (Wildman–Crippen MR) is 106 cm³/mol. The molecule has 1 fully saturated rings. The van der Waals surface area contributed by atoms with Crippen molar-refractivity contribution in [2.75, 3.05) is 13.6 Å². The van der Waals surface area contributed by atoms with Crippen LogP contribution in [0.2, 0.25) is 0 Å². The lowest BCUT2D eigenvalue weighted by atomic mass is 10.1. The Morgan fingerprint density at radius 2 is 1.89 bits per heavy atom. The zero-order valence-corrected chi connectivity index (χ0v) is 15.6. The molecule has 1 saturated heterocycles. The number of nitrogens with zero attached hydrogens (tertiary/aromatic N) is 2. The number of likely N-dealkylation sites (N-methyl/N-ethyl adjacent to an activating group) is 1. The number of para-hydroxylation sites is 1. The summed E-state index contributed by atoms with van der Waals surface area (Å²) in [7, 11) is 3.64. The van der Waals surface area contributed by atoms with Crippen molar-refractivity contribution < 1.29 is 9.59 Å². The summed E-state index contributed by atoms with van der Waals surface area (Å²) < 4.78 is 2.16. The van der Waals surface area contributed by atoms with Gasteiger partial charge >= 0.3 is 0 Å². The maximum absolute atomic E-state index is 12.9. The van der Waals surface area contributed by atoms with E-state index in [2.05, 4.69) is 41.2 Å². The summed E-state index contributed by atoms with van der Waals surface area (Å²) >= 11 is 0. The quantitative estimate of drug-likeness (QED) is 0.740. The van der Waals surface area contributed by atoms with Crippen LogP contribution in [-0.4, -0.2) is 47.0 Å². The van der Waals surface area contributed by atoms with E-state index in [1.807, 2.05) is 18.2 Å². The van der Waals surface area contributed by atoms with Gasteiger partial charge in [0.15, 0.2) is 0 Å². The highest BCUT2D eigenvalue weighted by molar-refractivity contribution is 6.08. The van der Waals surface area contributed by atoms with Crippen molar-refractivity contribution in [3.63, 3.8) is 0 Å². The molecule has 2 heterocycles. The Morgan fingerprint density at radius 3 is 2.67 bits per heavy atom. The third-order valence-electron chi connectivity index (χ3n) is 5.54. The number of rotatable bonds is 3. The second-order valence-corrected chi connectivity index (χ2v) is 7.28. The molecule has 2 amide bonds. The van der Waals surface area contributed by atoms with Crippen LogP contribution in [0.3, 0.4) is 0 Å². The molecule has 0 spiro atoms. The Bertz CT molecular complexity index is 1040. The average Bonchev–Trinajstić information content (AvgIpc) is 3.20. The number of aryl methyl sites for hydroxylation is 1. The van der Waals surface area contributed by atoms with Gasteiger partial charge in [-0.2, -0.15) is 0 Å². The number of hydrogen-bond acceptors (Lipinski definition) is 3. The van der Waals surface area contributed by atoms with Crippen LogP contribution in [0.25, 0.3) is 21.8 Å². The fourth-order valence-corrected chi connectivity index (χ4v) is 4.16. The molecule has 1 aliphatic rings. The van der Waals surface area contributed by atoms with Gasteiger partial charge in [0, 0.05) is 48.5 Å². The lowest BCUT2D eigenvalue weighted by Crippen LogP contribution is -2.45. The molecular weight excluding hydrogens is 340 g/mol. The van der Waals surface area contributed by atoms with Gasteiger partial charge < -0.3 is 20.5 Å². The number of benzene rings is 2. The van der Waals surface area contributed by atoms with Crippen molar-refractivity contribution in [1.29, 1.82) is 0 Å². The fourth-order valence-electron chi connectivity index (χ4n) is 4.16. The number of nitrogens with two attached hydrogens (primary N) is 1. The van der Waals surface area contributed by atoms with Gasteiger partial charge in [0.25, 0.3) is 0 Å². The molecule has 0 radical (unpaired) electrons. The molecule has 0 aliphatic carbocycles. The topological polar surface area (TPSA) is 80.4 Å². The largest absolute Gasteiger partial charge is 0.357 e. The number of likely N-dealkylation sites (tertiary alicyclic amines) is 1. The van der Waals surface area contributed by atoms with Crippen LogP contribution < -0.4 is 11.1 Å². The molecule has 27 heavy (non-hydrogen) atoms. The summed E-state index contributed by atoms with van der Waals surface area (Å²) in [5.41, 5.74) is 9.25. The number of fused-ring (bicyclic) bond motifs is 3. The summed E-state index contributed by atoms with van der Waals surface area (Å²) in [6, 6.07) is 13.8. The van der Waals surface area contributed by atoms with Gasteiger partial charge in [0.1, 0.15) is 6.04 Å². The second kappa shape index (κ2) is 6.70. The molecular formula is C21H24N4O2. The Labute approximate surface area is 157 Å². The first-order chi connectivity index (χ1) is 13.0. The molecule has 3 N–H and O–H groups in total. The van der Waals surface area contributed by atoms with Crippen molar-refractivity contribution in [2.45, 2.75) is 24.9 Å². The van der Waals surface area contributed by atoms with Crippen LogP contribution in [0.15, 0.2) is 42.5 Å². The summed E-state index contributed by atoms with van der Waals surface area (Å²) in [5, 5.41) is 4.95.